The number of hydrogen-bond acceptors (Lipinski definition) is 6. The highest BCUT2D eigenvalue weighted by molar-refractivity contribution is 6.01. The molecule has 2 N–H and O–H groups in total. The Labute approximate surface area is 115 Å². The molecule has 7 heteroatoms. The number of nitrogens with zero attached hydrogens (tertiary/aromatic N) is 1. The fourth-order valence-corrected chi connectivity index (χ4v) is 1.86. The minimum absolute atomic E-state index is 0.0162. The Kier molecular flexibility index (Phi) is 3.99. The lowest BCUT2D eigenvalue weighted by Crippen LogP contribution is -2.55. The molecule has 0 unspecified atom stereocenters. The molecule has 106 valence electrons. The van der Waals surface area contributed by atoms with E-state index in [0.717, 1.165) is 6.08 Å². The van der Waals surface area contributed by atoms with Crippen molar-refractivity contribution in [3.63, 3.8) is 0 Å². The van der Waals surface area contributed by atoms with Crippen molar-refractivity contribution in [1.29, 1.82) is 0 Å². The summed E-state index contributed by atoms with van der Waals surface area (Å²) in [7, 11) is 1.17. The van der Waals surface area contributed by atoms with Crippen molar-refractivity contribution in [3.8, 4) is 0 Å². The third-order valence-electron chi connectivity index (χ3n) is 2.89. The van der Waals surface area contributed by atoms with Crippen molar-refractivity contribution < 1.29 is 24.2 Å². The van der Waals surface area contributed by atoms with Gasteiger partial charge in [-0.15, -0.1) is 0 Å². The summed E-state index contributed by atoms with van der Waals surface area (Å²) < 4.78 is 10.1. The molecule has 1 amide bonds. The van der Waals surface area contributed by atoms with Crippen LogP contribution in [0.15, 0.2) is 36.2 Å². The second kappa shape index (κ2) is 5.70. The van der Waals surface area contributed by atoms with Crippen LogP contribution in [0.25, 0.3) is 0 Å². The van der Waals surface area contributed by atoms with Gasteiger partial charge in [-0.05, 0) is 12.1 Å². The highest BCUT2D eigenvalue weighted by atomic mass is 16.5. The maximum absolute atomic E-state index is 11.8. The molecule has 2 rings (SSSR count). The molecule has 0 fully saturated rings. The normalized spacial score (nSPS) is 21.1. The van der Waals surface area contributed by atoms with E-state index < -0.39 is 24.0 Å². The van der Waals surface area contributed by atoms with Crippen molar-refractivity contribution in [3.05, 3.63) is 41.9 Å². The summed E-state index contributed by atoms with van der Waals surface area (Å²) in [4.78, 5) is 27.3. The van der Waals surface area contributed by atoms with E-state index in [9.17, 15) is 14.7 Å². The van der Waals surface area contributed by atoms with E-state index in [1.807, 2.05) is 0 Å². The second-order valence-corrected chi connectivity index (χ2v) is 4.16. The number of pyridine rings is 1. The van der Waals surface area contributed by atoms with E-state index in [1.165, 1.54) is 7.11 Å². The number of rotatable bonds is 5. The van der Waals surface area contributed by atoms with Gasteiger partial charge in [0.25, 0.3) is 0 Å². The number of amides is 1. The summed E-state index contributed by atoms with van der Waals surface area (Å²) in [5.41, 5.74) is -1.05. The van der Waals surface area contributed by atoms with Gasteiger partial charge < -0.3 is 19.9 Å². The van der Waals surface area contributed by atoms with Crippen LogP contribution in [0.5, 0.6) is 0 Å². The van der Waals surface area contributed by atoms with Gasteiger partial charge in [-0.2, -0.15) is 0 Å². The van der Waals surface area contributed by atoms with Crippen molar-refractivity contribution in [2.24, 2.45) is 0 Å². The summed E-state index contributed by atoms with van der Waals surface area (Å²) >= 11 is 0. The quantitative estimate of drug-likeness (QED) is 0.706. The van der Waals surface area contributed by atoms with Crippen molar-refractivity contribution in [1.82, 2.24) is 10.3 Å². The van der Waals surface area contributed by atoms with Crippen LogP contribution in [0.2, 0.25) is 0 Å². The molecule has 7 nitrogen and oxygen atoms in total. The zero-order chi connectivity index (χ0) is 14.6. The first kappa shape index (κ1) is 14.0. The lowest BCUT2D eigenvalue weighted by atomic mass is 10.0. The molecule has 1 aromatic rings. The van der Waals surface area contributed by atoms with Crippen LogP contribution in [0.1, 0.15) is 5.69 Å². The van der Waals surface area contributed by atoms with Crippen LogP contribution >= 0.6 is 0 Å². The zero-order valence-corrected chi connectivity index (χ0v) is 10.8. The number of methoxy groups -OCH3 is 1. The van der Waals surface area contributed by atoms with Crippen LogP contribution in [0.4, 0.5) is 0 Å². The standard InChI is InChI=1S/C13H14N2O5/c1-19-12(18)13(8-16)10(6-11(17)15-13)20-7-9-4-2-3-5-14-9/h2-6,16H,7-8H2,1H3,(H,15,17)/t13-/m1/s1. The lowest BCUT2D eigenvalue weighted by molar-refractivity contribution is -0.151. The molecule has 1 aromatic heterocycles. The summed E-state index contributed by atoms with van der Waals surface area (Å²) in [5, 5.41) is 11.8. The predicted molar refractivity (Wildman–Crippen MR) is 67.1 cm³/mol. The molecular weight excluding hydrogens is 264 g/mol. The van der Waals surface area contributed by atoms with Crippen LogP contribution in [-0.2, 0) is 25.7 Å². The summed E-state index contributed by atoms with van der Waals surface area (Å²) in [5.74, 6) is -1.30. The smallest absolute Gasteiger partial charge is 0.342 e. The minimum atomic E-state index is -1.68. The van der Waals surface area contributed by atoms with Gasteiger partial charge in [0.05, 0.1) is 19.4 Å². The Morgan fingerprint density at radius 3 is 2.90 bits per heavy atom. The highest BCUT2D eigenvalue weighted by Gasteiger charge is 2.50. The van der Waals surface area contributed by atoms with Gasteiger partial charge in [0.1, 0.15) is 12.4 Å². The van der Waals surface area contributed by atoms with E-state index in [2.05, 4.69) is 15.0 Å². The number of aliphatic hydroxyl groups is 1. The van der Waals surface area contributed by atoms with Gasteiger partial charge in [0, 0.05) is 12.3 Å². The SMILES string of the molecule is COC(=O)[C@]1(CO)NC(=O)C=C1OCc1ccccn1. The summed E-state index contributed by atoms with van der Waals surface area (Å²) in [6.07, 6.45) is 2.72. The fourth-order valence-electron chi connectivity index (χ4n) is 1.86. The van der Waals surface area contributed by atoms with E-state index in [0.29, 0.717) is 5.69 Å². The number of aromatic nitrogens is 1. The zero-order valence-electron chi connectivity index (χ0n) is 10.8. The van der Waals surface area contributed by atoms with Gasteiger partial charge in [-0.3, -0.25) is 9.78 Å². The average Bonchev–Trinajstić information content (AvgIpc) is 2.82. The van der Waals surface area contributed by atoms with Crippen LogP contribution in [0, 0.1) is 0 Å². The number of nitrogens with one attached hydrogen (secondary N) is 1. The van der Waals surface area contributed by atoms with Crippen molar-refractivity contribution in [2.45, 2.75) is 12.1 Å². The van der Waals surface area contributed by atoms with Crippen LogP contribution in [-0.4, -0.2) is 41.2 Å². The molecule has 0 aliphatic carbocycles. The van der Waals surface area contributed by atoms with E-state index in [-0.39, 0.29) is 12.4 Å². The molecule has 0 saturated carbocycles. The molecule has 0 spiro atoms. The number of ether oxygens (including phenoxy) is 2. The van der Waals surface area contributed by atoms with Gasteiger partial charge in [0.15, 0.2) is 0 Å². The monoisotopic (exact) mass is 278 g/mol. The topological polar surface area (TPSA) is 97.8 Å². The van der Waals surface area contributed by atoms with E-state index in [4.69, 9.17) is 4.74 Å². The Morgan fingerprint density at radius 1 is 1.50 bits per heavy atom. The Morgan fingerprint density at radius 2 is 2.30 bits per heavy atom. The first-order chi connectivity index (χ1) is 9.62. The Hall–Kier alpha value is -2.41. The minimum Gasteiger partial charge on any atom is -0.488 e. The Balaban J connectivity index is 2.17. The number of carbonyl (C=O) groups is 2. The first-order valence-corrected chi connectivity index (χ1v) is 5.88. The maximum Gasteiger partial charge on any atom is 0.342 e. The van der Waals surface area contributed by atoms with Gasteiger partial charge in [-0.1, -0.05) is 6.07 Å². The molecule has 2 heterocycles. The fraction of sp³-hybridized carbons (Fsp3) is 0.308. The molecule has 1 atom stereocenters. The third kappa shape index (κ3) is 2.48. The molecule has 0 saturated heterocycles. The van der Waals surface area contributed by atoms with Crippen molar-refractivity contribution >= 4 is 11.9 Å². The van der Waals surface area contributed by atoms with Gasteiger partial charge in [-0.25, -0.2) is 4.79 Å². The average molecular weight is 278 g/mol. The molecular formula is C13H14N2O5. The maximum atomic E-state index is 11.8. The largest absolute Gasteiger partial charge is 0.488 e. The van der Waals surface area contributed by atoms with Gasteiger partial charge in [0.2, 0.25) is 11.4 Å². The number of carbonyl (C=O) groups excluding carboxylic acids is 2. The van der Waals surface area contributed by atoms with Crippen LogP contribution in [0.3, 0.4) is 0 Å². The van der Waals surface area contributed by atoms with E-state index in [1.54, 1.807) is 24.4 Å². The van der Waals surface area contributed by atoms with Gasteiger partial charge >= 0.3 is 5.97 Å². The first-order valence-electron chi connectivity index (χ1n) is 5.88. The summed E-state index contributed by atoms with van der Waals surface area (Å²) in [6.45, 7) is -0.583. The lowest BCUT2D eigenvalue weighted by Gasteiger charge is -2.26. The predicted octanol–water partition coefficient (Wildman–Crippen LogP) is -0.484. The van der Waals surface area contributed by atoms with Crippen LogP contribution < -0.4 is 5.32 Å². The molecule has 1 aliphatic heterocycles. The second-order valence-electron chi connectivity index (χ2n) is 4.16. The summed E-state index contributed by atoms with van der Waals surface area (Å²) in [6, 6.07) is 5.29. The number of esters is 1. The highest BCUT2D eigenvalue weighted by Crippen LogP contribution is 2.25. The molecule has 0 aromatic carbocycles. The van der Waals surface area contributed by atoms with E-state index >= 15 is 0 Å². The Bertz CT molecular complexity index is 543. The number of hydrogen-bond donors (Lipinski definition) is 2. The molecule has 0 radical (unpaired) electrons. The van der Waals surface area contributed by atoms with Crippen molar-refractivity contribution in [2.75, 3.05) is 13.7 Å². The number of aliphatic hydroxyl groups excluding tert-OH is 1. The molecule has 0 bridgehead atoms. The molecule has 1 aliphatic rings. The molecule has 20 heavy (non-hydrogen) atoms. The third-order valence-corrected chi connectivity index (χ3v) is 2.89.